The number of halogens is 1. The highest BCUT2D eigenvalue weighted by Crippen LogP contribution is 2.45. The molecule has 3 nitrogen and oxygen atoms in total. The van der Waals surface area contributed by atoms with E-state index in [-0.39, 0.29) is 5.92 Å². The first-order chi connectivity index (χ1) is 7.99. The highest BCUT2D eigenvalue weighted by Gasteiger charge is 2.43. The number of nitrogens with zero attached hydrogens (tertiary/aromatic N) is 2. The van der Waals surface area contributed by atoms with Gasteiger partial charge < -0.3 is 5.11 Å². The third-order valence-corrected chi connectivity index (χ3v) is 4.35. The van der Waals surface area contributed by atoms with Crippen LogP contribution in [0.1, 0.15) is 45.7 Å². The molecule has 1 aliphatic rings. The fraction of sp³-hybridized carbons (Fsp3) is 0.769. The molecule has 1 saturated carbocycles. The second kappa shape index (κ2) is 4.62. The average Bonchev–Trinajstić information content (AvgIpc) is 2.66. The lowest BCUT2D eigenvalue weighted by atomic mass is 9.70. The highest BCUT2D eigenvalue weighted by atomic mass is 35.5. The Kier molecular flexibility index (Phi) is 3.50. The van der Waals surface area contributed by atoms with Crippen LogP contribution in [0.2, 0.25) is 5.02 Å². The van der Waals surface area contributed by atoms with Crippen molar-refractivity contribution in [3.8, 4) is 0 Å². The molecular weight excluding hydrogens is 236 g/mol. The van der Waals surface area contributed by atoms with Crippen LogP contribution in [-0.2, 0) is 12.1 Å². The molecule has 3 unspecified atom stereocenters. The van der Waals surface area contributed by atoms with Crippen molar-refractivity contribution in [2.75, 3.05) is 0 Å². The Labute approximate surface area is 108 Å². The first-order valence-electron chi connectivity index (χ1n) is 6.43. The third kappa shape index (κ3) is 2.11. The number of aromatic nitrogens is 2. The van der Waals surface area contributed by atoms with E-state index in [1.54, 1.807) is 6.20 Å². The Morgan fingerprint density at radius 1 is 1.53 bits per heavy atom. The van der Waals surface area contributed by atoms with Gasteiger partial charge in [0.25, 0.3) is 0 Å². The number of hydrogen-bond acceptors (Lipinski definition) is 2. The van der Waals surface area contributed by atoms with Crippen LogP contribution < -0.4 is 0 Å². The fourth-order valence-corrected chi connectivity index (χ4v) is 3.28. The van der Waals surface area contributed by atoms with Crippen LogP contribution in [0.25, 0.3) is 0 Å². The number of rotatable bonds is 2. The molecule has 1 aromatic rings. The zero-order valence-corrected chi connectivity index (χ0v) is 11.5. The molecule has 0 aliphatic heterocycles. The number of hydrogen-bond donors (Lipinski definition) is 1. The van der Waals surface area contributed by atoms with E-state index in [9.17, 15) is 5.11 Å². The smallest absolute Gasteiger partial charge is 0.110 e. The van der Waals surface area contributed by atoms with Gasteiger partial charge in [-0.2, -0.15) is 5.10 Å². The van der Waals surface area contributed by atoms with Crippen LogP contribution >= 0.6 is 11.6 Å². The minimum absolute atomic E-state index is 0.234. The van der Waals surface area contributed by atoms with E-state index in [0.29, 0.717) is 10.9 Å². The number of aliphatic hydroxyl groups is 1. The normalized spacial score (nSPS) is 33.9. The monoisotopic (exact) mass is 256 g/mol. The largest absolute Gasteiger partial charge is 0.383 e. The lowest BCUT2D eigenvalue weighted by Gasteiger charge is -2.41. The molecule has 1 N–H and O–H groups in total. The Balaban J connectivity index is 2.44. The van der Waals surface area contributed by atoms with Crippen molar-refractivity contribution in [1.82, 2.24) is 9.78 Å². The van der Waals surface area contributed by atoms with E-state index >= 15 is 0 Å². The molecule has 1 fully saturated rings. The fourth-order valence-electron chi connectivity index (χ4n) is 2.97. The Bertz CT molecular complexity index is 404. The van der Waals surface area contributed by atoms with Crippen molar-refractivity contribution in [2.24, 2.45) is 11.8 Å². The maximum absolute atomic E-state index is 11.0. The Hall–Kier alpha value is -0.540. The molecule has 0 spiro atoms. The summed E-state index contributed by atoms with van der Waals surface area (Å²) in [6.07, 6.45) is 4.65. The van der Waals surface area contributed by atoms with Crippen molar-refractivity contribution in [3.63, 3.8) is 0 Å². The summed E-state index contributed by atoms with van der Waals surface area (Å²) in [6, 6.07) is 0. The van der Waals surface area contributed by atoms with Crippen molar-refractivity contribution < 1.29 is 5.11 Å². The van der Waals surface area contributed by atoms with Crippen molar-refractivity contribution in [1.29, 1.82) is 0 Å². The quantitative estimate of drug-likeness (QED) is 0.883. The van der Waals surface area contributed by atoms with E-state index < -0.39 is 5.60 Å². The summed E-state index contributed by atoms with van der Waals surface area (Å²) in [5.74, 6) is 0.769. The molecule has 3 atom stereocenters. The zero-order valence-electron chi connectivity index (χ0n) is 10.8. The molecule has 0 bridgehead atoms. The lowest BCUT2D eigenvalue weighted by Crippen LogP contribution is -2.41. The number of aryl methyl sites for hydroxylation is 1. The molecule has 0 aromatic carbocycles. The van der Waals surface area contributed by atoms with E-state index in [1.807, 2.05) is 11.6 Å². The summed E-state index contributed by atoms with van der Waals surface area (Å²) in [5.41, 5.74) is -0.0120. The second-order valence-corrected chi connectivity index (χ2v) is 5.78. The van der Waals surface area contributed by atoms with Gasteiger partial charge in [-0.05, 0) is 31.6 Å². The topological polar surface area (TPSA) is 38.0 Å². The first kappa shape index (κ1) is 12.9. The summed E-state index contributed by atoms with van der Waals surface area (Å²) in [5, 5.41) is 15.8. The molecule has 0 amide bonds. The van der Waals surface area contributed by atoms with Gasteiger partial charge in [0.15, 0.2) is 0 Å². The molecule has 0 radical (unpaired) electrons. The molecular formula is C13H21ClN2O. The van der Waals surface area contributed by atoms with Gasteiger partial charge in [0.2, 0.25) is 0 Å². The van der Waals surface area contributed by atoms with Gasteiger partial charge in [-0.25, -0.2) is 0 Å². The van der Waals surface area contributed by atoms with Crippen molar-refractivity contribution in [2.45, 2.75) is 52.2 Å². The summed E-state index contributed by atoms with van der Waals surface area (Å²) in [4.78, 5) is 0. The van der Waals surface area contributed by atoms with E-state index in [0.717, 1.165) is 25.1 Å². The van der Waals surface area contributed by atoms with Gasteiger partial charge in [0.05, 0.1) is 16.9 Å². The van der Waals surface area contributed by atoms with Gasteiger partial charge in [-0.3, -0.25) is 4.68 Å². The predicted octanol–water partition coefficient (Wildman–Crippen LogP) is 3.20. The Morgan fingerprint density at radius 3 is 2.88 bits per heavy atom. The molecule has 0 saturated heterocycles. The zero-order chi connectivity index (χ0) is 12.6. The molecule has 1 heterocycles. The van der Waals surface area contributed by atoms with Gasteiger partial charge in [-0.15, -0.1) is 0 Å². The van der Waals surface area contributed by atoms with Crippen LogP contribution in [0.3, 0.4) is 0 Å². The van der Waals surface area contributed by atoms with Crippen LogP contribution in [0.15, 0.2) is 6.20 Å². The molecule has 1 aliphatic carbocycles. The van der Waals surface area contributed by atoms with E-state index in [4.69, 9.17) is 11.6 Å². The first-order valence-corrected chi connectivity index (χ1v) is 6.81. The molecule has 2 rings (SSSR count). The van der Waals surface area contributed by atoms with Crippen LogP contribution in [0.5, 0.6) is 0 Å². The van der Waals surface area contributed by atoms with E-state index in [1.165, 1.54) is 6.42 Å². The van der Waals surface area contributed by atoms with Gasteiger partial charge in [0.1, 0.15) is 5.60 Å². The van der Waals surface area contributed by atoms with Crippen LogP contribution in [-0.4, -0.2) is 14.9 Å². The minimum atomic E-state index is -0.818. The van der Waals surface area contributed by atoms with Crippen LogP contribution in [0.4, 0.5) is 0 Å². The van der Waals surface area contributed by atoms with Gasteiger partial charge in [0, 0.05) is 6.54 Å². The summed E-state index contributed by atoms with van der Waals surface area (Å²) in [6.45, 7) is 7.06. The molecule has 4 heteroatoms. The average molecular weight is 257 g/mol. The maximum atomic E-state index is 11.0. The molecule has 1 aromatic heterocycles. The van der Waals surface area contributed by atoms with Crippen molar-refractivity contribution >= 4 is 11.6 Å². The Morgan fingerprint density at radius 2 is 2.24 bits per heavy atom. The third-order valence-electron chi connectivity index (χ3n) is 4.07. The van der Waals surface area contributed by atoms with Crippen molar-refractivity contribution in [3.05, 3.63) is 16.9 Å². The van der Waals surface area contributed by atoms with Gasteiger partial charge in [-0.1, -0.05) is 31.9 Å². The summed E-state index contributed by atoms with van der Waals surface area (Å²) >= 11 is 6.22. The lowest BCUT2D eigenvalue weighted by molar-refractivity contribution is -0.0691. The molecule has 96 valence electrons. The second-order valence-electron chi connectivity index (χ2n) is 5.37. The summed E-state index contributed by atoms with van der Waals surface area (Å²) in [7, 11) is 0. The standard InChI is InChI=1S/C13H21ClN2O/c1-4-16-12(11(14)8-15-16)13(17)7-9(2)5-6-10(13)3/h8-10,17H,4-7H2,1-3H3. The highest BCUT2D eigenvalue weighted by molar-refractivity contribution is 6.31. The minimum Gasteiger partial charge on any atom is -0.383 e. The predicted molar refractivity (Wildman–Crippen MR) is 69.0 cm³/mol. The SMILES string of the molecule is CCn1ncc(Cl)c1C1(O)CC(C)CCC1C. The summed E-state index contributed by atoms with van der Waals surface area (Å²) < 4.78 is 1.83. The van der Waals surface area contributed by atoms with Crippen LogP contribution in [0, 0.1) is 11.8 Å². The maximum Gasteiger partial charge on any atom is 0.110 e. The van der Waals surface area contributed by atoms with E-state index in [2.05, 4.69) is 18.9 Å². The van der Waals surface area contributed by atoms with Gasteiger partial charge >= 0.3 is 0 Å². The molecule has 17 heavy (non-hydrogen) atoms.